The van der Waals surface area contributed by atoms with Gasteiger partial charge in [-0.2, -0.15) is 0 Å². The highest BCUT2D eigenvalue weighted by Crippen LogP contribution is 2.13. The number of ether oxygens (including phenoxy) is 2. The van der Waals surface area contributed by atoms with Gasteiger partial charge in [0.25, 0.3) is 11.8 Å². The van der Waals surface area contributed by atoms with E-state index in [0.717, 1.165) is 12.8 Å². The smallest absolute Gasteiger partial charge is 0.329 e. The molecule has 0 unspecified atom stereocenters. The van der Waals surface area contributed by atoms with Crippen LogP contribution in [0.15, 0.2) is 48.5 Å². The Hall–Kier alpha value is -4.08. The number of amides is 4. The first kappa shape index (κ1) is 23.2. The summed E-state index contributed by atoms with van der Waals surface area (Å²) in [6, 6.07) is 12.4. The minimum Gasteiger partial charge on any atom is -0.497 e. The summed E-state index contributed by atoms with van der Waals surface area (Å²) < 4.78 is 10.5. The molecule has 31 heavy (non-hydrogen) atoms. The maximum Gasteiger partial charge on any atom is 0.329 e. The third-order valence-corrected chi connectivity index (χ3v) is 4.02. The van der Waals surface area contributed by atoms with Crippen LogP contribution in [0, 0.1) is 0 Å². The van der Waals surface area contributed by atoms with Crippen molar-refractivity contribution in [2.24, 2.45) is 0 Å². The number of rotatable bonds is 7. The largest absolute Gasteiger partial charge is 0.497 e. The van der Waals surface area contributed by atoms with E-state index in [1.807, 2.05) is 10.9 Å². The minimum atomic E-state index is -1.16. The molecule has 0 aliphatic rings. The average Bonchev–Trinajstić information content (AvgIpc) is 2.81. The molecule has 0 heterocycles. The Morgan fingerprint density at radius 1 is 0.710 bits per heavy atom. The van der Waals surface area contributed by atoms with Crippen LogP contribution in [0.3, 0.4) is 0 Å². The van der Waals surface area contributed by atoms with Gasteiger partial charge >= 0.3 is 11.8 Å². The zero-order valence-electron chi connectivity index (χ0n) is 17.2. The van der Waals surface area contributed by atoms with Gasteiger partial charge in [-0.3, -0.25) is 40.9 Å². The summed E-state index contributed by atoms with van der Waals surface area (Å²) in [5, 5.41) is 0. The molecule has 0 saturated carbocycles. The summed E-state index contributed by atoms with van der Waals surface area (Å²) >= 11 is 0. The first-order chi connectivity index (χ1) is 14.9. The van der Waals surface area contributed by atoms with E-state index in [9.17, 15) is 19.2 Å². The Bertz CT molecular complexity index is 912. The zero-order valence-corrected chi connectivity index (χ0v) is 17.2. The van der Waals surface area contributed by atoms with Crippen molar-refractivity contribution in [2.75, 3.05) is 13.7 Å². The van der Waals surface area contributed by atoms with Crippen LogP contribution in [0.1, 0.15) is 40.5 Å². The molecule has 0 fully saturated rings. The highest BCUT2D eigenvalue weighted by Gasteiger charge is 2.16. The van der Waals surface area contributed by atoms with Crippen LogP contribution in [-0.4, -0.2) is 37.3 Å². The van der Waals surface area contributed by atoms with E-state index in [4.69, 9.17) is 9.47 Å². The number of hydrazine groups is 2. The number of hydrogen-bond donors (Lipinski definition) is 4. The van der Waals surface area contributed by atoms with Gasteiger partial charge in [-0.05, 0) is 55.0 Å². The fourth-order valence-electron chi connectivity index (χ4n) is 2.26. The molecule has 0 aliphatic heterocycles. The lowest BCUT2D eigenvalue weighted by Gasteiger charge is -2.10. The van der Waals surface area contributed by atoms with Gasteiger partial charge in [0.05, 0.1) is 13.7 Å². The molecule has 2 aromatic carbocycles. The van der Waals surface area contributed by atoms with E-state index in [0.29, 0.717) is 18.1 Å². The Labute approximate surface area is 179 Å². The normalized spacial score (nSPS) is 9.87. The van der Waals surface area contributed by atoms with Crippen molar-refractivity contribution >= 4 is 23.6 Å². The van der Waals surface area contributed by atoms with Crippen LogP contribution in [0.25, 0.3) is 0 Å². The molecule has 164 valence electrons. The molecule has 2 rings (SSSR count). The van der Waals surface area contributed by atoms with E-state index in [1.165, 1.54) is 31.4 Å². The van der Waals surface area contributed by atoms with Crippen LogP contribution in [0.4, 0.5) is 0 Å². The SMILES string of the molecule is CCCCOc1ccc(C(=O)NNC(=O)C(=O)NNC(=O)c2ccc(OC)cc2)cc1. The van der Waals surface area contributed by atoms with Crippen LogP contribution >= 0.6 is 0 Å². The number of carbonyl (C=O) groups excluding carboxylic acids is 4. The van der Waals surface area contributed by atoms with Gasteiger partial charge in [0.1, 0.15) is 11.5 Å². The van der Waals surface area contributed by atoms with Gasteiger partial charge in [0.2, 0.25) is 0 Å². The average molecular weight is 428 g/mol. The van der Waals surface area contributed by atoms with Gasteiger partial charge < -0.3 is 9.47 Å². The Morgan fingerprint density at radius 3 is 1.58 bits per heavy atom. The summed E-state index contributed by atoms with van der Waals surface area (Å²) in [6.45, 7) is 2.64. The molecule has 4 N–H and O–H groups in total. The quantitative estimate of drug-likeness (QED) is 0.296. The molecule has 10 nitrogen and oxygen atoms in total. The molecule has 10 heteroatoms. The lowest BCUT2D eigenvalue weighted by atomic mass is 10.2. The maximum atomic E-state index is 12.1. The first-order valence-corrected chi connectivity index (χ1v) is 9.52. The summed E-state index contributed by atoms with van der Waals surface area (Å²) in [5.74, 6) is -2.39. The Kier molecular flexibility index (Phi) is 8.84. The highest BCUT2D eigenvalue weighted by atomic mass is 16.5. The van der Waals surface area contributed by atoms with Crippen molar-refractivity contribution < 1.29 is 28.7 Å². The molecule has 0 radical (unpaired) electrons. The predicted octanol–water partition coefficient (Wildman–Crippen LogP) is 1.10. The van der Waals surface area contributed by atoms with Gasteiger partial charge in [-0.15, -0.1) is 0 Å². The molecule has 0 aromatic heterocycles. The number of benzene rings is 2. The minimum absolute atomic E-state index is 0.247. The molecule has 4 amide bonds. The summed E-state index contributed by atoms with van der Waals surface area (Å²) in [6.07, 6.45) is 1.94. The van der Waals surface area contributed by atoms with Crippen molar-refractivity contribution in [3.63, 3.8) is 0 Å². The second kappa shape index (κ2) is 11.8. The van der Waals surface area contributed by atoms with Crippen LogP contribution < -0.4 is 31.2 Å². The molecule has 0 saturated heterocycles. The maximum absolute atomic E-state index is 12.1. The number of nitrogens with one attached hydrogen (secondary N) is 4. The molecule has 0 aliphatic carbocycles. The van der Waals surface area contributed by atoms with E-state index in [1.54, 1.807) is 24.3 Å². The number of methoxy groups -OCH3 is 1. The molecule has 0 spiro atoms. The second-order valence-corrected chi connectivity index (χ2v) is 6.27. The van der Waals surface area contributed by atoms with Crippen molar-refractivity contribution in [3.8, 4) is 11.5 Å². The fourth-order valence-corrected chi connectivity index (χ4v) is 2.26. The summed E-state index contributed by atoms with van der Waals surface area (Å²) in [4.78, 5) is 47.6. The molecule has 2 aromatic rings. The third kappa shape index (κ3) is 7.35. The van der Waals surface area contributed by atoms with E-state index < -0.39 is 23.6 Å². The van der Waals surface area contributed by atoms with Gasteiger partial charge in [0.15, 0.2) is 0 Å². The summed E-state index contributed by atoms with van der Waals surface area (Å²) in [7, 11) is 1.49. The third-order valence-electron chi connectivity index (χ3n) is 4.02. The lowest BCUT2D eigenvalue weighted by molar-refractivity contribution is -0.140. The molecule has 0 bridgehead atoms. The van der Waals surface area contributed by atoms with Gasteiger partial charge in [-0.1, -0.05) is 13.3 Å². The molecule has 0 atom stereocenters. The highest BCUT2D eigenvalue weighted by molar-refractivity contribution is 6.35. The number of carbonyl (C=O) groups is 4. The lowest BCUT2D eigenvalue weighted by Crippen LogP contribution is -2.52. The molecular weight excluding hydrogens is 404 g/mol. The van der Waals surface area contributed by atoms with Crippen molar-refractivity contribution in [1.82, 2.24) is 21.7 Å². The van der Waals surface area contributed by atoms with Crippen molar-refractivity contribution in [2.45, 2.75) is 19.8 Å². The topological polar surface area (TPSA) is 135 Å². The fraction of sp³-hybridized carbons (Fsp3) is 0.238. The van der Waals surface area contributed by atoms with E-state index in [-0.39, 0.29) is 11.1 Å². The molecular formula is C21H24N4O6. The van der Waals surface area contributed by atoms with Crippen LogP contribution in [0.5, 0.6) is 11.5 Å². The van der Waals surface area contributed by atoms with Crippen LogP contribution in [-0.2, 0) is 9.59 Å². The Morgan fingerprint density at radius 2 is 1.16 bits per heavy atom. The zero-order chi connectivity index (χ0) is 22.6. The number of unbranched alkanes of at least 4 members (excludes halogenated alkanes) is 1. The van der Waals surface area contributed by atoms with E-state index in [2.05, 4.69) is 17.8 Å². The van der Waals surface area contributed by atoms with Crippen LogP contribution in [0.2, 0.25) is 0 Å². The first-order valence-electron chi connectivity index (χ1n) is 9.52. The number of hydrogen-bond acceptors (Lipinski definition) is 6. The summed E-state index contributed by atoms with van der Waals surface area (Å²) in [5.41, 5.74) is 8.64. The van der Waals surface area contributed by atoms with Gasteiger partial charge in [0, 0.05) is 11.1 Å². The predicted molar refractivity (Wildman–Crippen MR) is 111 cm³/mol. The van der Waals surface area contributed by atoms with Gasteiger partial charge in [-0.25, -0.2) is 0 Å². The van der Waals surface area contributed by atoms with Crippen molar-refractivity contribution in [3.05, 3.63) is 59.7 Å². The standard InChI is InChI=1S/C21H24N4O6/c1-3-4-13-31-17-11-7-15(8-12-17)19(27)23-25-21(29)20(28)24-22-18(26)14-5-9-16(30-2)10-6-14/h5-12H,3-4,13H2,1-2H3,(H,22,26)(H,23,27)(H,24,28)(H,25,29). The monoisotopic (exact) mass is 428 g/mol. The van der Waals surface area contributed by atoms with Crippen molar-refractivity contribution in [1.29, 1.82) is 0 Å². The van der Waals surface area contributed by atoms with E-state index >= 15 is 0 Å². The second-order valence-electron chi connectivity index (χ2n) is 6.27. The Balaban J connectivity index is 1.75.